The van der Waals surface area contributed by atoms with Gasteiger partial charge in [0.15, 0.2) is 0 Å². The minimum atomic E-state index is -0.215. The molecule has 1 N–H and O–H groups in total. The molecule has 0 aliphatic rings. The SMILES string of the molecule is CCC(SC(C)O)C(C)C. The van der Waals surface area contributed by atoms with E-state index in [9.17, 15) is 0 Å². The fourth-order valence-electron chi connectivity index (χ4n) is 0.978. The van der Waals surface area contributed by atoms with Crippen LogP contribution in [0.2, 0.25) is 0 Å². The van der Waals surface area contributed by atoms with Gasteiger partial charge in [0, 0.05) is 5.25 Å². The van der Waals surface area contributed by atoms with Crippen LogP contribution in [0, 0.1) is 5.92 Å². The van der Waals surface area contributed by atoms with Crippen LogP contribution in [0.3, 0.4) is 0 Å². The maximum Gasteiger partial charge on any atom is 0.0967 e. The summed E-state index contributed by atoms with van der Waals surface area (Å²) in [5, 5.41) is 9.68. The molecule has 0 rings (SSSR count). The van der Waals surface area contributed by atoms with Crippen molar-refractivity contribution in [2.75, 3.05) is 0 Å². The molecule has 62 valence electrons. The van der Waals surface area contributed by atoms with Gasteiger partial charge in [0.05, 0.1) is 5.44 Å². The molecule has 2 heteroatoms. The molecule has 0 spiro atoms. The molecule has 1 nitrogen and oxygen atoms in total. The van der Waals surface area contributed by atoms with Crippen molar-refractivity contribution in [1.82, 2.24) is 0 Å². The van der Waals surface area contributed by atoms with E-state index < -0.39 is 0 Å². The summed E-state index contributed by atoms with van der Waals surface area (Å²) in [6, 6.07) is 0. The van der Waals surface area contributed by atoms with Crippen molar-refractivity contribution in [3.8, 4) is 0 Å². The van der Waals surface area contributed by atoms with Crippen LogP contribution < -0.4 is 0 Å². The summed E-state index contributed by atoms with van der Waals surface area (Å²) in [5.41, 5.74) is -0.215. The molecule has 0 bridgehead atoms. The monoisotopic (exact) mass is 162 g/mol. The number of aliphatic hydroxyl groups excluding tert-OH is 1. The second-order valence-corrected chi connectivity index (χ2v) is 4.49. The van der Waals surface area contributed by atoms with Gasteiger partial charge >= 0.3 is 0 Å². The fraction of sp³-hybridized carbons (Fsp3) is 1.00. The Bertz CT molecular complexity index is 81.3. The molecule has 0 aromatic carbocycles. The molecular weight excluding hydrogens is 144 g/mol. The average Bonchev–Trinajstić information content (AvgIpc) is 1.81. The van der Waals surface area contributed by atoms with Gasteiger partial charge in [0.1, 0.15) is 0 Å². The van der Waals surface area contributed by atoms with E-state index in [0.717, 1.165) is 6.42 Å². The first-order valence-electron chi connectivity index (χ1n) is 3.91. The topological polar surface area (TPSA) is 20.2 Å². The zero-order chi connectivity index (χ0) is 8.15. The first-order chi connectivity index (χ1) is 4.57. The van der Waals surface area contributed by atoms with Crippen LogP contribution in [-0.2, 0) is 0 Å². The lowest BCUT2D eigenvalue weighted by atomic mass is 10.1. The lowest BCUT2D eigenvalue weighted by molar-refractivity contribution is 0.282. The second kappa shape index (κ2) is 5.03. The molecule has 2 unspecified atom stereocenters. The third-order valence-electron chi connectivity index (χ3n) is 1.52. The molecule has 0 saturated heterocycles. The van der Waals surface area contributed by atoms with E-state index in [1.54, 1.807) is 11.8 Å². The van der Waals surface area contributed by atoms with Gasteiger partial charge in [-0.3, -0.25) is 0 Å². The molecule has 10 heavy (non-hydrogen) atoms. The molecule has 0 aliphatic carbocycles. The highest BCUT2D eigenvalue weighted by Crippen LogP contribution is 2.24. The Balaban J connectivity index is 3.60. The first-order valence-corrected chi connectivity index (χ1v) is 4.85. The summed E-state index contributed by atoms with van der Waals surface area (Å²) in [6.07, 6.45) is 1.15. The third-order valence-corrected chi connectivity index (χ3v) is 3.14. The summed E-state index contributed by atoms with van der Waals surface area (Å²) in [5.74, 6) is 0.671. The molecule has 0 saturated carbocycles. The summed E-state index contributed by atoms with van der Waals surface area (Å²) in [4.78, 5) is 0. The number of thioether (sulfide) groups is 1. The van der Waals surface area contributed by atoms with E-state index in [-0.39, 0.29) is 5.44 Å². The third kappa shape index (κ3) is 4.18. The van der Waals surface area contributed by atoms with Gasteiger partial charge in [-0.05, 0) is 19.3 Å². The number of hydrogen-bond donors (Lipinski definition) is 1. The van der Waals surface area contributed by atoms with Crippen LogP contribution in [-0.4, -0.2) is 15.8 Å². The normalized spacial score (nSPS) is 17.4. The second-order valence-electron chi connectivity index (χ2n) is 2.93. The van der Waals surface area contributed by atoms with E-state index >= 15 is 0 Å². The van der Waals surface area contributed by atoms with Crippen LogP contribution in [0.5, 0.6) is 0 Å². The fourth-order valence-corrected chi connectivity index (χ4v) is 1.99. The summed E-state index contributed by atoms with van der Waals surface area (Å²) in [7, 11) is 0. The van der Waals surface area contributed by atoms with Gasteiger partial charge in [-0.15, -0.1) is 11.8 Å². The molecule has 0 fully saturated rings. The lowest BCUT2D eigenvalue weighted by Crippen LogP contribution is -2.13. The Hall–Kier alpha value is 0.310. The summed E-state index contributed by atoms with van der Waals surface area (Å²) in [6.45, 7) is 8.39. The Labute approximate surface area is 68.2 Å². The minimum Gasteiger partial charge on any atom is -0.383 e. The Morgan fingerprint density at radius 2 is 1.80 bits per heavy atom. The van der Waals surface area contributed by atoms with Crippen molar-refractivity contribution < 1.29 is 5.11 Å². The zero-order valence-electron chi connectivity index (χ0n) is 7.29. The van der Waals surface area contributed by atoms with Crippen molar-refractivity contribution in [1.29, 1.82) is 0 Å². The van der Waals surface area contributed by atoms with Gasteiger partial charge in [0.2, 0.25) is 0 Å². The lowest BCUT2D eigenvalue weighted by Gasteiger charge is -2.19. The Morgan fingerprint density at radius 1 is 1.30 bits per heavy atom. The summed E-state index contributed by atoms with van der Waals surface area (Å²) < 4.78 is 0. The number of rotatable bonds is 4. The molecule has 0 aliphatic heterocycles. The molecular formula is C8H18OS. The van der Waals surface area contributed by atoms with Gasteiger partial charge < -0.3 is 5.11 Å². The molecule has 0 aromatic heterocycles. The van der Waals surface area contributed by atoms with Crippen LogP contribution >= 0.6 is 11.8 Å². The smallest absolute Gasteiger partial charge is 0.0967 e. The highest BCUT2D eigenvalue weighted by atomic mass is 32.2. The predicted molar refractivity (Wildman–Crippen MR) is 48.2 cm³/mol. The van der Waals surface area contributed by atoms with Crippen molar-refractivity contribution >= 4 is 11.8 Å². The van der Waals surface area contributed by atoms with Gasteiger partial charge in [-0.1, -0.05) is 20.8 Å². The van der Waals surface area contributed by atoms with Crippen LogP contribution in [0.1, 0.15) is 34.1 Å². The van der Waals surface area contributed by atoms with Gasteiger partial charge in [-0.25, -0.2) is 0 Å². The first kappa shape index (κ1) is 10.3. The van der Waals surface area contributed by atoms with Crippen LogP contribution in [0.25, 0.3) is 0 Å². The molecule has 0 aromatic rings. The molecule has 0 amide bonds. The average molecular weight is 162 g/mol. The number of aliphatic hydroxyl groups is 1. The van der Waals surface area contributed by atoms with E-state index in [0.29, 0.717) is 11.2 Å². The van der Waals surface area contributed by atoms with Crippen molar-refractivity contribution in [3.05, 3.63) is 0 Å². The van der Waals surface area contributed by atoms with Crippen LogP contribution in [0.15, 0.2) is 0 Å². The number of hydrogen-bond acceptors (Lipinski definition) is 2. The van der Waals surface area contributed by atoms with Crippen molar-refractivity contribution in [2.24, 2.45) is 5.92 Å². The molecule has 2 atom stereocenters. The molecule has 0 radical (unpaired) electrons. The van der Waals surface area contributed by atoms with Gasteiger partial charge in [-0.2, -0.15) is 0 Å². The highest BCUT2D eigenvalue weighted by Gasteiger charge is 2.13. The van der Waals surface area contributed by atoms with Crippen molar-refractivity contribution in [3.63, 3.8) is 0 Å². The van der Waals surface area contributed by atoms with E-state index in [2.05, 4.69) is 20.8 Å². The van der Waals surface area contributed by atoms with Crippen molar-refractivity contribution in [2.45, 2.75) is 44.8 Å². The van der Waals surface area contributed by atoms with E-state index in [4.69, 9.17) is 5.11 Å². The zero-order valence-corrected chi connectivity index (χ0v) is 8.11. The minimum absolute atomic E-state index is 0.215. The highest BCUT2D eigenvalue weighted by molar-refractivity contribution is 8.00. The Kier molecular flexibility index (Phi) is 5.18. The Morgan fingerprint density at radius 3 is 1.90 bits per heavy atom. The van der Waals surface area contributed by atoms with E-state index in [1.807, 2.05) is 6.92 Å². The largest absolute Gasteiger partial charge is 0.383 e. The van der Waals surface area contributed by atoms with Crippen LogP contribution in [0.4, 0.5) is 0 Å². The van der Waals surface area contributed by atoms with E-state index in [1.165, 1.54) is 0 Å². The molecule has 0 heterocycles. The van der Waals surface area contributed by atoms with Gasteiger partial charge in [0.25, 0.3) is 0 Å². The summed E-state index contributed by atoms with van der Waals surface area (Å²) >= 11 is 1.66. The maximum atomic E-state index is 9.07. The quantitative estimate of drug-likeness (QED) is 0.641. The predicted octanol–water partition coefficient (Wildman–Crippen LogP) is 2.49. The maximum absolute atomic E-state index is 9.07. The standard InChI is InChI=1S/C8H18OS/c1-5-8(6(2)3)10-7(4)9/h6-9H,5H2,1-4H3.